The number of aliphatic carboxylic acids is 1. The Hall–Kier alpha value is -4.21. The minimum Gasteiger partial charge on any atom is -0.481 e. The summed E-state index contributed by atoms with van der Waals surface area (Å²) >= 11 is 0. The Labute approximate surface area is 239 Å². The third-order valence-corrected chi connectivity index (χ3v) is 7.03. The lowest BCUT2D eigenvalue weighted by Crippen LogP contribution is -2.54. The second-order valence-corrected chi connectivity index (χ2v) is 9.87. The molecule has 0 saturated heterocycles. The monoisotopic (exact) mass is 560 g/mol. The van der Waals surface area contributed by atoms with Crippen LogP contribution in [0.3, 0.4) is 0 Å². The van der Waals surface area contributed by atoms with Gasteiger partial charge in [0.25, 0.3) is 0 Å². The minimum atomic E-state index is -1.10. The van der Waals surface area contributed by atoms with Crippen molar-refractivity contribution in [2.75, 3.05) is 19.8 Å². The Morgan fingerprint density at radius 1 is 0.878 bits per heavy atom. The minimum absolute atomic E-state index is 0.0345. The zero-order chi connectivity index (χ0) is 29.2. The fraction of sp³-hybridized carbons (Fsp3) is 0.344. The van der Waals surface area contributed by atoms with Crippen LogP contribution in [-0.4, -0.2) is 61.1 Å². The molecule has 0 heterocycles. The second kappa shape index (κ2) is 14.4. The quantitative estimate of drug-likeness (QED) is 0.265. The second-order valence-electron chi connectivity index (χ2n) is 9.87. The SMILES string of the molecule is CCOC(CNC(=O)C(NC(=O)OCC1c2ccccc2-c2ccccc21)C(C)OCc1ccccc1)CC(=O)O. The summed E-state index contributed by atoms with van der Waals surface area (Å²) < 4.78 is 17.1. The van der Waals surface area contributed by atoms with E-state index in [0.717, 1.165) is 27.8 Å². The average molecular weight is 561 g/mol. The summed E-state index contributed by atoms with van der Waals surface area (Å²) in [6.07, 6.45) is -2.45. The number of hydrogen-bond donors (Lipinski definition) is 3. The van der Waals surface area contributed by atoms with Crippen LogP contribution >= 0.6 is 0 Å². The number of benzene rings is 3. The number of ether oxygens (including phenoxy) is 3. The number of hydrogen-bond acceptors (Lipinski definition) is 6. The molecular weight excluding hydrogens is 524 g/mol. The fourth-order valence-electron chi connectivity index (χ4n) is 5.01. The first kappa shape index (κ1) is 29.8. The van der Waals surface area contributed by atoms with Crippen molar-refractivity contribution in [3.05, 3.63) is 95.6 Å². The molecule has 3 atom stereocenters. The van der Waals surface area contributed by atoms with Crippen molar-refractivity contribution >= 4 is 18.0 Å². The highest BCUT2D eigenvalue weighted by Gasteiger charge is 2.32. The zero-order valence-electron chi connectivity index (χ0n) is 23.2. The van der Waals surface area contributed by atoms with Crippen LogP contribution in [0.15, 0.2) is 78.9 Å². The highest BCUT2D eigenvalue weighted by atomic mass is 16.5. The van der Waals surface area contributed by atoms with Crippen molar-refractivity contribution in [1.82, 2.24) is 10.6 Å². The molecule has 0 fully saturated rings. The number of amides is 2. The maximum Gasteiger partial charge on any atom is 0.407 e. The molecule has 3 unspecified atom stereocenters. The number of carbonyl (C=O) groups excluding carboxylic acids is 2. The van der Waals surface area contributed by atoms with Gasteiger partial charge in [-0.1, -0.05) is 78.9 Å². The first-order valence-corrected chi connectivity index (χ1v) is 13.8. The number of rotatable bonds is 14. The van der Waals surface area contributed by atoms with Crippen LogP contribution in [0, 0.1) is 0 Å². The first-order valence-electron chi connectivity index (χ1n) is 13.8. The van der Waals surface area contributed by atoms with E-state index >= 15 is 0 Å². The molecule has 2 amide bonds. The number of alkyl carbamates (subject to hydrolysis) is 1. The molecule has 216 valence electrons. The fourth-order valence-corrected chi connectivity index (χ4v) is 5.01. The number of carbonyl (C=O) groups is 3. The molecule has 0 radical (unpaired) electrons. The van der Waals surface area contributed by atoms with Gasteiger partial charge in [-0.05, 0) is 41.7 Å². The van der Waals surface area contributed by atoms with Crippen molar-refractivity contribution in [2.24, 2.45) is 0 Å². The Kier molecular flexibility index (Phi) is 10.5. The smallest absolute Gasteiger partial charge is 0.407 e. The highest BCUT2D eigenvalue weighted by molar-refractivity contribution is 5.86. The third kappa shape index (κ3) is 7.93. The van der Waals surface area contributed by atoms with Crippen LogP contribution in [0.4, 0.5) is 4.79 Å². The summed E-state index contributed by atoms with van der Waals surface area (Å²) in [6, 6.07) is 24.4. The molecule has 3 aromatic carbocycles. The van der Waals surface area contributed by atoms with Crippen molar-refractivity contribution in [3.63, 3.8) is 0 Å². The van der Waals surface area contributed by atoms with Gasteiger partial charge < -0.3 is 30.0 Å². The molecule has 1 aliphatic carbocycles. The molecule has 0 saturated carbocycles. The molecule has 4 rings (SSSR count). The summed E-state index contributed by atoms with van der Waals surface area (Å²) in [7, 11) is 0. The van der Waals surface area contributed by atoms with E-state index in [4.69, 9.17) is 19.3 Å². The predicted octanol–water partition coefficient (Wildman–Crippen LogP) is 4.50. The summed E-state index contributed by atoms with van der Waals surface area (Å²) in [4.78, 5) is 37.5. The van der Waals surface area contributed by atoms with Gasteiger partial charge in [0.05, 0.1) is 25.2 Å². The van der Waals surface area contributed by atoms with Crippen LogP contribution in [0.1, 0.15) is 42.9 Å². The molecule has 41 heavy (non-hydrogen) atoms. The molecule has 9 nitrogen and oxygen atoms in total. The average Bonchev–Trinajstić information content (AvgIpc) is 3.30. The van der Waals surface area contributed by atoms with Gasteiger partial charge in [0.15, 0.2) is 0 Å². The molecule has 0 spiro atoms. The number of carboxylic acids is 1. The van der Waals surface area contributed by atoms with E-state index in [-0.39, 0.29) is 32.1 Å². The summed E-state index contributed by atoms with van der Waals surface area (Å²) in [6.45, 7) is 4.03. The maximum absolute atomic E-state index is 13.2. The molecule has 3 N–H and O–H groups in total. The van der Waals surface area contributed by atoms with Crippen LogP contribution in [0.2, 0.25) is 0 Å². The first-order chi connectivity index (χ1) is 19.9. The Bertz CT molecular complexity index is 1280. The van der Waals surface area contributed by atoms with Gasteiger partial charge in [-0.2, -0.15) is 0 Å². The van der Waals surface area contributed by atoms with Gasteiger partial charge >= 0.3 is 12.1 Å². The number of nitrogens with one attached hydrogen (secondary N) is 2. The Morgan fingerprint density at radius 3 is 2.10 bits per heavy atom. The van der Waals surface area contributed by atoms with Crippen LogP contribution in [0.25, 0.3) is 11.1 Å². The molecule has 0 aromatic heterocycles. The standard InChI is InChI=1S/C32H36N2O7/c1-3-39-23(17-29(35)36)18-33-31(37)30(21(2)40-19-22-11-5-4-6-12-22)34-32(38)41-20-28-26-15-9-7-13-24(26)25-14-8-10-16-27(25)28/h4-16,21,23,28,30H,3,17-20H2,1-2H3,(H,33,37)(H,34,38)(H,35,36). The van der Waals surface area contributed by atoms with Crippen molar-refractivity contribution in [1.29, 1.82) is 0 Å². The highest BCUT2D eigenvalue weighted by Crippen LogP contribution is 2.44. The number of fused-ring (bicyclic) bond motifs is 3. The van der Waals surface area contributed by atoms with Crippen molar-refractivity contribution < 1.29 is 33.7 Å². The topological polar surface area (TPSA) is 123 Å². The van der Waals surface area contributed by atoms with Crippen molar-refractivity contribution in [3.8, 4) is 11.1 Å². The van der Waals surface area contributed by atoms with E-state index < -0.39 is 36.2 Å². The van der Waals surface area contributed by atoms with E-state index in [2.05, 4.69) is 22.8 Å². The van der Waals surface area contributed by atoms with Gasteiger partial charge in [-0.15, -0.1) is 0 Å². The van der Waals surface area contributed by atoms with E-state index in [1.807, 2.05) is 66.7 Å². The Morgan fingerprint density at radius 2 is 1.49 bits per heavy atom. The van der Waals surface area contributed by atoms with E-state index in [1.54, 1.807) is 13.8 Å². The van der Waals surface area contributed by atoms with Gasteiger partial charge in [-0.3, -0.25) is 9.59 Å². The van der Waals surface area contributed by atoms with Gasteiger partial charge in [0.1, 0.15) is 12.6 Å². The lowest BCUT2D eigenvalue weighted by Gasteiger charge is -2.26. The summed E-state index contributed by atoms with van der Waals surface area (Å²) in [5, 5.41) is 14.5. The van der Waals surface area contributed by atoms with Crippen molar-refractivity contribution in [2.45, 2.75) is 51.0 Å². The molecule has 0 bridgehead atoms. The summed E-state index contributed by atoms with van der Waals surface area (Å²) in [5.74, 6) is -1.70. The lowest BCUT2D eigenvalue weighted by molar-refractivity contribution is -0.140. The third-order valence-electron chi connectivity index (χ3n) is 7.03. The van der Waals surface area contributed by atoms with Gasteiger partial charge in [0, 0.05) is 19.1 Å². The normalized spacial score (nSPS) is 14.3. The van der Waals surface area contributed by atoms with E-state index in [9.17, 15) is 14.4 Å². The van der Waals surface area contributed by atoms with Crippen LogP contribution < -0.4 is 10.6 Å². The van der Waals surface area contributed by atoms with Gasteiger partial charge in [0.2, 0.25) is 5.91 Å². The lowest BCUT2D eigenvalue weighted by atomic mass is 9.98. The maximum atomic E-state index is 13.2. The summed E-state index contributed by atoms with van der Waals surface area (Å²) in [5.41, 5.74) is 5.30. The molecule has 0 aliphatic heterocycles. The Balaban J connectivity index is 1.42. The van der Waals surface area contributed by atoms with Crippen LogP contribution in [0.5, 0.6) is 0 Å². The van der Waals surface area contributed by atoms with Crippen LogP contribution in [-0.2, 0) is 30.4 Å². The molecule has 3 aromatic rings. The number of carboxylic acid groups (broad SMARTS) is 1. The largest absolute Gasteiger partial charge is 0.481 e. The molecular formula is C32H36N2O7. The molecule has 1 aliphatic rings. The predicted molar refractivity (Wildman–Crippen MR) is 153 cm³/mol. The zero-order valence-corrected chi connectivity index (χ0v) is 23.2. The molecule has 9 heteroatoms. The van der Waals surface area contributed by atoms with Gasteiger partial charge in [-0.25, -0.2) is 4.79 Å². The van der Waals surface area contributed by atoms with E-state index in [1.165, 1.54) is 0 Å². The van der Waals surface area contributed by atoms with E-state index in [0.29, 0.717) is 6.61 Å².